The lowest BCUT2D eigenvalue weighted by molar-refractivity contribution is -0.137. The second-order valence-electron chi connectivity index (χ2n) is 7.76. The van der Waals surface area contributed by atoms with E-state index in [9.17, 15) is 27.2 Å². The molecule has 1 aliphatic heterocycles. The highest BCUT2D eigenvalue weighted by molar-refractivity contribution is 6.27. The normalized spacial score (nSPS) is 15.0. The Morgan fingerprint density at radius 1 is 1.23 bits per heavy atom. The molecule has 35 heavy (non-hydrogen) atoms. The van der Waals surface area contributed by atoms with Crippen LogP contribution in [0.1, 0.15) is 22.3 Å². The van der Waals surface area contributed by atoms with Crippen molar-refractivity contribution in [3.8, 4) is 6.07 Å². The average molecular weight is 488 g/mol. The number of carbonyl (C=O) groups is 2. The van der Waals surface area contributed by atoms with Gasteiger partial charge in [0.15, 0.2) is 0 Å². The smallest absolute Gasteiger partial charge is 0.384 e. The molecule has 0 aromatic heterocycles. The Morgan fingerprint density at radius 3 is 2.54 bits per heavy atom. The minimum atomic E-state index is -4.79. The van der Waals surface area contributed by atoms with Crippen LogP contribution in [-0.4, -0.2) is 42.2 Å². The number of halogens is 4. The number of nitrogens with one attached hydrogen (secondary N) is 3. The zero-order chi connectivity index (χ0) is 25.9. The number of hydrogen-bond acceptors (Lipinski definition) is 5. The summed E-state index contributed by atoms with van der Waals surface area (Å²) in [6.45, 7) is 1.71. The molecule has 0 saturated carbocycles. The van der Waals surface area contributed by atoms with E-state index in [4.69, 9.17) is 16.4 Å². The number of rotatable bonds is 4. The lowest BCUT2D eigenvalue weighted by atomic mass is 9.97. The second kappa shape index (κ2) is 9.84. The Bertz CT molecular complexity index is 1260. The Balaban J connectivity index is 1.87. The van der Waals surface area contributed by atoms with Crippen LogP contribution in [0.25, 0.3) is 0 Å². The fourth-order valence-corrected chi connectivity index (χ4v) is 3.61. The molecule has 5 N–H and O–H groups in total. The Kier molecular flexibility index (Phi) is 7.09. The first-order valence-electron chi connectivity index (χ1n) is 10.2. The molecular weight excluding hydrogens is 468 g/mol. The highest BCUT2D eigenvalue weighted by Crippen LogP contribution is 2.33. The lowest BCUT2D eigenvalue weighted by Crippen LogP contribution is -2.48. The molecule has 0 unspecified atom stereocenters. The SMILES string of the molecule is Cc1cc(F)cc(C(=N)/C(C(N)=O)=C2/CN(C(=O)Nc3ccc(C#N)c(C(F)(F)F)c3)CCN2)c1. The Labute approximate surface area is 197 Å². The summed E-state index contributed by atoms with van der Waals surface area (Å²) in [7, 11) is 0. The van der Waals surface area contributed by atoms with E-state index in [0.717, 1.165) is 12.1 Å². The van der Waals surface area contributed by atoms with E-state index < -0.39 is 35.1 Å². The number of nitriles is 1. The van der Waals surface area contributed by atoms with Crippen LogP contribution in [0, 0.1) is 29.5 Å². The van der Waals surface area contributed by atoms with Gasteiger partial charge in [-0.2, -0.15) is 18.4 Å². The zero-order valence-electron chi connectivity index (χ0n) is 18.4. The number of alkyl halides is 3. The number of benzene rings is 2. The number of piperazine rings is 1. The number of aryl methyl sites for hydroxylation is 1. The summed E-state index contributed by atoms with van der Waals surface area (Å²) in [5.41, 5.74) is 3.74. The molecule has 12 heteroatoms. The molecular formula is C23H20F4N6O2. The molecule has 1 heterocycles. The van der Waals surface area contributed by atoms with Crippen LogP contribution in [0.2, 0.25) is 0 Å². The summed E-state index contributed by atoms with van der Waals surface area (Å²) in [6.07, 6.45) is -4.79. The van der Waals surface area contributed by atoms with E-state index in [0.29, 0.717) is 11.6 Å². The molecule has 182 valence electrons. The van der Waals surface area contributed by atoms with Crippen molar-refractivity contribution in [1.29, 1.82) is 10.7 Å². The van der Waals surface area contributed by atoms with Gasteiger partial charge in [-0.3, -0.25) is 10.2 Å². The van der Waals surface area contributed by atoms with Gasteiger partial charge in [-0.15, -0.1) is 0 Å². The number of amides is 3. The number of nitrogens with two attached hydrogens (primary N) is 1. The van der Waals surface area contributed by atoms with Crippen LogP contribution in [0.15, 0.2) is 47.7 Å². The maximum Gasteiger partial charge on any atom is 0.417 e. The van der Waals surface area contributed by atoms with Gasteiger partial charge < -0.3 is 21.3 Å². The first-order valence-corrected chi connectivity index (χ1v) is 10.2. The van der Waals surface area contributed by atoms with Gasteiger partial charge >= 0.3 is 12.2 Å². The minimum absolute atomic E-state index is 0.115. The number of hydrogen-bond donors (Lipinski definition) is 4. The lowest BCUT2D eigenvalue weighted by Gasteiger charge is -2.31. The van der Waals surface area contributed by atoms with Gasteiger partial charge in [0.25, 0.3) is 5.91 Å². The van der Waals surface area contributed by atoms with Gasteiger partial charge in [0.2, 0.25) is 0 Å². The van der Waals surface area contributed by atoms with Gasteiger partial charge in [0.05, 0.1) is 35.0 Å². The second-order valence-corrected chi connectivity index (χ2v) is 7.76. The van der Waals surface area contributed by atoms with Gasteiger partial charge in [-0.1, -0.05) is 0 Å². The van der Waals surface area contributed by atoms with Crippen molar-refractivity contribution in [3.05, 3.63) is 75.7 Å². The van der Waals surface area contributed by atoms with Gasteiger partial charge in [-0.25, -0.2) is 9.18 Å². The molecule has 0 spiro atoms. The van der Waals surface area contributed by atoms with Crippen LogP contribution in [0.4, 0.5) is 28.0 Å². The van der Waals surface area contributed by atoms with E-state index in [2.05, 4.69) is 10.6 Å². The van der Waals surface area contributed by atoms with Crippen molar-refractivity contribution in [3.63, 3.8) is 0 Å². The maximum absolute atomic E-state index is 13.8. The summed E-state index contributed by atoms with van der Waals surface area (Å²) >= 11 is 0. The molecule has 0 atom stereocenters. The van der Waals surface area contributed by atoms with Crippen molar-refractivity contribution in [2.24, 2.45) is 5.73 Å². The monoisotopic (exact) mass is 488 g/mol. The number of carbonyl (C=O) groups excluding carboxylic acids is 2. The summed E-state index contributed by atoms with van der Waals surface area (Å²) in [5, 5.41) is 22.6. The quantitative estimate of drug-likeness (QED) is 0.298. The van der Waals surface area contributed by atoms with Crippen molar-refractivity contribution in [1.82, 2.24) is 10.2 Å². The molecule has 3 rings (SSSR count). The molecule has 8 nitrogen and oxygen atoms in total. The fourth-order valence-electron chi connectivity index (χ4n) is 3.61. The summed E-state index contributed by atoms with van der Waals surface area (Å²) in [6, 6.07) is 7.32. The Hall–Kier alpha value is -4.40. The topological polar surface area (TPSA) is 135 Å². The van der Waals surface area contributed by atoms with Crippen LogP contribution in [-0.2, 0) is 11.0 Å². The van der Waals surface area contributed by atoms with Crippen LogP contribution in [0.5, 0.6) is 0 Å². The summed E-state index contributed by atoms with van der Waals surface area (Å²) < 4.78 is 53.5. The molecule has 0 bridgehead atoms. The number of nitrogens with zero attached hydrogens (tertiary/aromatic N) is 2. The van der Waals surface area contributed by atoms with E-state index in [1.165, 1.54) is 29.2 Å². The van der Waals surface area contributed by atoms with Gasteiger partial charge in [-0.05, 0) is 48.9 Å². The first-order chi connectivity index (χ1) is 16.4. The summed E-state index contributed by atoms with van der Waals surface area (Å²) in [5.74, 6) is -1.57. The highest BCUT2D eigenvalue weighted by atomic mass is 19.4. The number of urea groups is 1. The number of anilines is 1. The standard InChI is InChI=1S/C23H20F4N6O2/c1-12-6-14(8-15(24)7-12)20(29)19(21(30)34)18-11-33(5-4-31-18)22(35)32-16-3-2-13(10-28)17(9-16)23(25,26)27/h2-3,6-9,29,31H,4-5,11H2,1H3,(H2,30,34)(H,32,35)/b19-18+,29-20?. The molecule has 1 saturated heterocycles. The first kappa shape index (κ1) is 25.2. The molecule has 0 radical (unpaired) electrons. The molecule has 1 aliphatic rings. The third-order valence-corrected chi connectivity index (χ3v) is 5.18. The van der Waals surface area contributed by atoms with E-state index >= 15 is 0 Å². The van der Waals surface area contributed by atoms with E-state index in [-0.39, 0.29) is 47.9 Å². The molecule has 2 aromatic carbocycles. The minimum Gasteiger partial charge on any atom is -0.384 e. The van der Waals surface area contributed by atoms with Crippen LogP contribution >= 0.6 is 0 Å². The molecule has 2 aromatic rings. The van der Waals surface area contributed by atoms with Gasteiger partial charge in [0.1, 0.15) is 5.82 Å². The number of primary amides is 1. The molecule has 3 amide bonds. The van der Waals surface area contributed by atoms with Crippen LogP contribution in [0.3, 0.4) is 0 Å². The zero-order valence-corrected chi connectivity index (χ0v) is 18.4. The van der Waals surface area contributed by atoms with Crippen LogP contribution < -0.4 is 16.4 Å². The van der Waals surface area contributed by atoms with Crippen molar-refractivity contribution in [2.45, 2.75) is 13.1 Å². The predicted molar refractivity (Wildman–Crippen MR) is 119 cm³/mol. The summed E-state index contributed by atoms with van der Waals surface area (Å²) in [4.78, 5) is 26.1. The van der Waals surface area contributed by atoms with Crippen molar-refractivity contribution >= 4 is 23.3 Å². The third kappa shape index (κ3) is 5.75. The average Bonchev–Trinajstić information content (AvgIpc) is 2.78. The fraction of sp³-hybridized carbons (Fsp3) is 0.217. The highest BCUT2D eigenvalue weighted by Gasteiger charge is 2.34. The maximum atomic E-state index is 13.8. The van der Waals surface area contributed by atoms with Crippen molar-refractivity contribution < 1.29 is 27.2 Å². The van der Waals surface area contributed by atoms with Crippen molar-refractivity contribution in [2.75, 3.05) is 25.0 Å². The third-order valence-electron chi connectivity index (χ3n) is 5.18. The Morgan fingerprint density at radius 2 is 1.94 bits per heavy atom. The predicted octanol–water partition coefficient (Wildman–Crippen LogP) is 3.27. The molecule has 1 fully saturated rings. The van der Waals surface area contributed by atoms with Gasteiger partial charge in [0, 0.05) is 30.0 Å². The largest absolute Gasteiger partial charge is 0.417 e. The van der Waals surface area contributed by atoms with E-state index in [1.807, 2.05) is 0 Å². The van der Waals surface area contributed by atoms with E-state index in [1.54, 1.807) is 6.92 Å². The molecule has 0 aliphatic carbocycles.